The molecule has 0 saturated heterocycles. The lowest BCUT2D eigenvalue weighted by Crippen LogP contribution is -2.27. The van der Waals surface area contributed by atoms with Crippen LogP contribution in [-0.2, 0) is 11.3 Å². The average Bonchev–Trinajstić information content (AvgIpc) is 2.64. The Hall–Kier alpha value is -3.28. The SMILES string of the molecule is CC(C)c1ccc(NC(=O)Cn2cnc(-c3ccc(F)cc3)cc2=O)cc1. The summed E-state index contributed by atoms with van der Waals surface area (Å²) in [6.45, 7) is 4.06. The van der Waals surface area contributed by atoms with Gasteiger partial charge in [-0.3, -0.25) is 14.2 Å². The van der Waals surface area contributed by atoms with Gasteiger partial charge in [-0.05, 0) is 47.9 Å². The summed E-state index contributed by atoms with van der Waals surface area (Å²) in [4.78, 5) is 28.7. The molecule has 0 radical (unpaired) electrons. The molecule has 0 saturated carbocycles. The van der Waals surface area contributed by atoms with Crippen molar-refractivity contribution < 1.29 is 9.18 Å². The van der Waals surface area contributed by atoms with Crippen molar-refractivity contribution in [1.82, 2.24) is 9.55 Å². The molecule has 138 valence electrons. The molecule has 27 heavy (non-hydrogen) atoms. The van der Waals surface area contributed by atoms with Gasteiger partial charge in [-0.25, -0.2) is 9.37 Å². The summed E-state index contributed by atoms with van der Waals surface area (Å²) < 4.78 is 14.2. The summed E-state index contributed by atoms with van der Waals surface area (Å²) in [5.74, 6) is -0.255. The van der Waals surface area contributed by atoms with Crippen molar-refractivity contribution in [2.24, 2.45) is 0 Å². The van der Waals surface area contributed by atoms with Crippen molar-refractivity contribution in [2.45, 2.75) is 26.3 Å². The number of rotatable bonds is 5. The quantitative estimate of drug-likeness (QED) is 0.748. The maximum atomic E-state index is 13.0. The second-order valence-corrected chi connectivity index (χ2v) is 6.57. The fourth-order valence-electron chi connectivity index (χ4n) is 2.63. The first kappa shape index (κ1) is 18.5. The van der Waals surface area contributed by atoms with E-state index in [4.69, 9.17) is 0 Å². The van der Waals surface area contributed by atoms with Crippen LogP contribution in [0.5, 0.6) is 0 Å². The lowest BCUT2D eigenvalue weighted by Gasteiger charge is -2.10. The van der Waals surface area contributed by atoms with Crippen molar-refractivity contribution in [3.05, 3.63) is 82.7 Å². The van der Waals surface area contributed by atoms with E-state index in [1.54, 1.807) is 12.1 Å². The third-order valence-electron chi connectivity index (χ3n) is 4.19. The summed E-state index contributed by atoms with van der Waals surface area (Å²) >= 11 is 0. The summed E-state index contributed by atoms with van der Waals surface area (Å²) in [6, 6.07) is 14.7. The van der Waals surface area contributed by atoms with Gasteiger partial charge in [-0.15, -0.1) is 0 Å². The molecule has 0 fully saturated rings. The van der Waals surface area contributed by atoms with Gasteiger partial charge >= 0.3 is 0 Å². The highest BCUT2D eigenvalue weighted by molar-refractivity contribution is 5.90. The number of carbonyl (C=O) groups excluding carboxylic acids is 1. The standard InChI is InChI=1S/C21H20FN3O2/c1-14(2)15-5-9-18(10-6-15)24-20(26)12-25-13-23-19(11-21(25)27)16-3-7-17(22)8-4-16/h3-11,13-14H,12H2,1-2H3,(H,24,26). The fourth-order valence-corrected chi connectivity index (χ4v) is 2.63. The lowest BCUT2D eigenvalue weighted by atomic mass is 10.0. The summed E-state index contributed by atoms with van der Waals surface area (Å²) in [6.07, 6.45) is 1.32. The minimum absolute atomic E-state index is 0.137. The Kier molecular flexibility index (Phi) is 5.45. The minimum Gasteiger partial charge on any atom is -0.325 e. The predicted octanol–water partition coefficient (Wildman–Crippen LogP) is 3.81. The van der Waals surface area contributed by atoms with E-state index >= 15 is 0 Å². The summed E-state index contributed by atoms with van der Waals surface area (Å²) in [5.41, 5.74) is 2.57. The molecule has 1 aromatic heterocycles. The summed E-state index contributed by atoms with van der Waals surface area (Å²) in [5, 5.41) is 2.77. The molecule has 0 aliphatic rings. The molecule has 0 aliphatic carbocycles. The molecule has 3 rings (SSSR count). The van der Waals surface area contributed by atoms with Gasteiger partial charge in [-0.1, -0.05) is 26.0 Å². The number of hydrogen-bond donors (Lipinski definition) is 1. The highest BCUT2D eigenvalue weighted by atomic mass is 19.1. The van der Waals surface area contributed by atoms with Crippen LogP contribution in [0.2, 0.25) is 0 Å². The van der Waals surface area contributed by atoms with Crippen LogP contribution in [0.4, 0.5) is 10.1 Å². The highest BCUT2D eigenvalue weighted by Crippen LogP contribution is 2.17. The monoisotopic (exact) mass is 365 g/mol. The summed E-state index contributed by atoms with van der Waals surface area (Å²) in [7, 11) is 0. The van der Waals surface area contributed by atoms with E-state index in [1.165, 1.54) is 34.7 Å². The van der Waals surface area contributed by atoms with Gasteiger partial charge in [0, 0.05) is 17.3 Å². The van der Waals surface area contributed by atoms with Gasteiger partial charge in [0.05, 0.1) is 12.0 Å². The number of nitrogens with one attached hydrogen (secondary N) is 1. The topological polar surface area (TPSA) is 64.0 Å². The van der Waals surface area contributed by atoms with Crippen LogP contribution in [0.15, 0.2) is 65.7 Å². The number of anilines is 1. The van der Waals surface area contributed by atoms with Crippen molar-refractivity contribution in [2.75, 3.05) is 5.32 Å². The van der Waals surface area contributed by atoms with Crippen LogP contribution in [0, 0.1) is 5.82 Å². The number of nitrogens with zero attached hydrogens (tertiary/aromatic N) is 2. The Balaban J connectivity index is 1.69. The number of aromatic nitrogens is 2. The molecular formula is C21H20FN3O2. The van der Waals surface area contributed by atoms with Gasteiger partial charge < -0.3 is 5.32 Å². The van der Waals surface area contributed by atoms with Gasteiger partial charge in [0.2, 0.25) is 5.91 Å². The van der Waals surface area contributed by atoms with E-state index in [0.29, 0.717) is 22.9 Å². The zero-order valence-corrected chi connectivity index (χ0v) is 15.1. The molecule has 5 nitrogen and oxygen atoms in total. The number of benzene rings is 2. The first-order valence-corrected chi connectivity index (χ1v) is 8.64. The highest BCUT2D eigenvalue weighted by Gasteiger charge is 2.08. The lowest BCUT2D eigenvalue weighted by molar-refractivity contribution is -0.116. The van der Waals surface area contributed by atoms with Crippen LogP contribution < -0.4 is 10.9 Å². The third kappa shape index (κ3) is 4.67. The normalized spacial score (nSPS) is 10.8. The molecule has 0 bridgehead atoms. The molecule has 3 aromatic rings. The minimum atomic E-state index is -0.356. The van der Waals surface area contributed by atoms with Crippen molar-refractivity contribution in [1.29, 1.82) is 0 Å². The third-order valence-corrected chi connectivity index (χ3v) is 4.19. The van der Waals surface area contributed by atoms with Crippen molar-refractivity contribution in [3.8, 4) is 11.3 Å². The average molecular weight is 365 g/mol. The Morgan fingerprint density at radius 3 is 2.37 bits per heavy atom. The second-order valence-electron chi connectivity index (χ2n) is 6.57. The molecule has 0 unspecified atom stereocenters. The van der Waals surface area contributed by atoms with Crippen LogP contribution in [0.3, 0.4) is 0 Å². The molecule has 1 heterocycles. The van der Waals surface area contributed by atoms with Crippen molar-refractivity contribution in [3.63, 3.8) is 0 Å². The van der Waals surface area contributed by atoms with E-state index in [1.807, 2.05) is 24.3 Å². The molecule has 0 spiro atoms. The molecule has 1 N–H and O–H groups in total. The largest absolute Gasteiger partial charge is 0.325 e. The van der Waals surface area contributed by atoms with E-state index in [0.717, 1.165) is 0 Å². The molecule has 6 heteroatoms. The first-order valence-electron chi connectivity index (χ1n) is 8.64. The molecule has 2 aromatic carbocycles. The Bertz CT molecular complexity index is 993. The maximum Gasteiger partial charge on any atom is 0.254 e. The van der Waals surface area contributed by atoms with E-state index in [-0.39, 0.29) is 23.8 Å². The first-order chi connectivity index (χ1) is 12.9. The van der Waals surface area contributed by atoms with Gasteiger partial charge in [0.25, 0.3) is 5.56 Å². The fraction of sp³-hybridized carbons (Fsp3) is 0.190. The molecular weight excluding hydrogens is 345 g/mol. The number of amides is 1. The molecule has 0 atom stereocenters. The molecule has 0 aliphatic heterocycles. The van der Waals surface area contributed by atoms with Crippen LogP contribution >= 0.6 is 0 Å². The second kappa shape index (κ2) is 7.95. The Morgan fingerprint density at radius 2 is 1.78 bits per heavy atom. The van der Waals surface area contributed by atoms with Gasteiger partial charge in [-0.2, -0.15) is 0 Å². The number of hydrogen-bond acceptors (Lipinski definition) is 3. The van der Waals surface area contributed by atoms with Crippen LogP contribution in [0.1, 0.15) is 25.3 Å². The smallest absolute Gasteiger partial charge is 0.254 e. The van der Waals surface area contributed by atoms with Crippen molar-refractivity contribution >= 4 is 11.6 Å². The van der Waals surface area contributed by atoms with E-state index in [9.17, 15) is 14.0 Å². The Morgan fingerprint density at radius 1 is 1.11 bits per heavy atom. The van der Waals surface area contributed by atoms with Crippen LogP contribution in [-0.4, -0.2) is 15.5 Å². The molecule has 1 amide bonds. The van der Waals surface area contributed by atoms with E-state index in [2.05, 4.69) is 24.1 Å². The number of carbonyl (C=O) groups is 1. The van der Waals surface area contributed by atoms with Crippen LogP contribution in [0.25, 0.3) is 11.3 Å². The van der Waals surface area contributed by atoms with Gasteiger partial charge in [0.1, 0.15) is 12.4 Å². The Labute approximate surface area is 156 Å². The zero-order valence-electron chi connectivity index (χ0n) is 15.1. The van der Waals surface area contributed by atoms with E-state index < -0.39 is 0 Å². The van der Waals surface area contributed by atoms with Gasteiger partial charge in [0.15, 0.2) is 0 Å². The predicted molar refractivity (Wildman–Crippen MR) is 103 cm³/mol. The maximum absolute atomic E-state index is 13.0. The zero-order chi connectivity index (χ0) is 19.4. The number of halogens is 1.